The van der Waals surface area contributed by atoms with Gasteiger partial charge in [0.05, 0.1) is 0 Å². The van der Waals surface area contributed by atoms with Crippen LogP contribution in [0.4, 0.5) is 0 Å². The number of carboxylic acid groups (broad SMARTS) is 1. The summed E-state index contributed by atoms with van der Waals surface area (Å²) in [5.41, 5.74) is 0. The summed E-state index contributed by atoms with van der Waals surface area (Å²) in [6.45, 7) is 3.27. The minimum absolute atomic E-state index is 0.185. The monoisotopic (exact) mass is 144 g/mol. The van der Waals surface area contributed by atoms with E-state index in [1.165, 1.54) is 6.92 Å². The molecule has 0 aromatic rings. The third-order valence-electron chi connectivity index (χ3n) is 1.35. The van der Waals surface area contributed by atoms with Gasteiger partial charge >= 0.3 is 5.97 Å². The predicted octanol–water partition coefficient (Wildman–Crippen LogP) is 1.08. The van der Waals surface area contributed by atoms with Gasteiger partial charge in [-0.1, -0.05) is 6.92 Å². The first-order valence-corrected chi connectivity index (χ1v) is 3.35. The Hall–Kier alpha value is -0.860. The van der Waals surface area contributed by atoms with E-state index in [1.54, 1.807) is 0 Å². The zero-order valence-corrected chi connectivity index (χ0v) is 6.26. The van der Waals surface area contributed by atoms with Crippen molar-refractivity contribution in [2.24, 2.45) is 5.92 Å². The molecule has 0 aliphatic heterocycles. The van der Waals surface area contributed by atoms with Gasteiger partial charge in [0.1, 0.15) is 11.7 Å². The Kier molecular flexibility index (Phi) is 3.69. The average molecular weight is 144 g/mol. The molecule has 0 saturated heterocycles. The van der Waals surface area contributed by atoms with Crippen molar-refractivity contribution in [3.05, 3.63) is 0 Å². The summed E-state index contributed by atoms with van der Waals surface area (Å²) in [5.74, 6) is -2.05. The van der Waals surface area contributed by atoms with E-state index in [2.05, 4.69) is 0 Å². The van der Waals surface area contributed by atoms with Crippen molar-refractivity contribution < 1.29 is 14.7 Å². The van der Waals surface area contributed by atoms with Crippen LogP contribution >= 0.6 is 0 Å². The van der Waals surface area contributed by atoms with E-state index in [9.17, 15) is 9.59 Å². The molecule has 0 rings (SSSR count). The minimum Gasteiger partial charge on any atom is -0.481 e. The van der Waals surface area contributed by atoms with Crippen LogP contribution < -0.4 is 0 Å². The highest BCUT2D eigenvalue weighted by atomic mass is 16.4. The lowest BCUT2D eigenvalue weighted by Crippen LogP contribution is -2.19. The zero-order chi connectivity index (χ0) is 8.15. The Morgan fingerprint density at radius 1 is 1.50 bits per heavy atom. The molecule has 0 fully saturated rings. The standard InChI is InChI=1S/C7H12O3/c1-3-4-6(8)5(2)7(9)10/h5H,3-4H2,1-2H3,(H,9,10). The van der Waals surface area contributed by atoms with Gasteiger partial charge in [-0.2, -0.15) is 0 Å². The molecule has 0 saturated carbocycles. The van der Waals surface area contributed by atoms with E-state index >= 15 is 0 Å². The van der Waals surface area contributed by atoms with Crippen LogP contribution in [0.5, 0.6) is 0 Å². The van der Waals surface area contributed by atoms with Gasteiger partial charge in [-0.05, 0) is 13.3 Å². The van der Waals surface area contributed by atoms with Crippen molar-refractivity contribution in [2.75, 3.05) is 0 Å². The summed E-state index contributed by atoms with van der Waals surface area (Å²) >= 11 is 0. The number of aliphatic carboxylic acids is 1. The SMILES string of the molecule is CCCC(=O)C(C)C(=O)O. The maximum Gasteiger partial charge on any atom is 0.313 e. The van der Waals surface area contributed by atoms with Crippen molar-refractivity contribution in [3.8, 4) is 0 Å². The molecular weight excluding hydrogens is 132 g/mol. The lowest BCUT2D eigenvalue weighted by Gasteiger charge is -2.01. The van der Waals surface area contributed by atoms with Crippen molar-refractivity contribution in [1.82, 2.24) is 0 Å². The van der Waals surface area contributed by atoms with Crippen LogP contribution in [0.15, 0.2) is 0 Å². The molecule has 3 nitrogen and oxygen atoms in total. The van der Waals surface area contributed by atoms with Crippen LogP contribution in [-0.4, -0.2) is 16.9 Å². The molecule has 0 radical (unpaired) electrons. The summed E-state index contributed by atoms with van der Waals surface area (Å²) in [5, 5.41) is 8.36. The van der Waals surface area contributed by atoms with Crippen molar-refractivity contribution in [3.63, 3.8) is 0 Å². The zero-order valence-electron chi connectivity index (χ0n) is 6.26. The Morgan fingerprint density at radius 2 is 2.00 bits per heavy atom. The predicted molar refractivity (Wildman–Crippen MR) is 36.7 cm³/mol. The Labute approximate surface area is 60.0 Å². The Bertz CT molecular complexity index is 140. The molecular formula is C7H12O3. The molecule has 0 aliphatic rings. The van der Waals surface area contributed by atoms with Gasteiger partial charge in [0, 0.05) is 6.42 Å². The van der Waals surface area contributed by atoms with Gasteiger partial charge in [0.2, 0.25) is 0 Å². The smallest absolute Gasteiger partial charge is 0.313 e. The van der Waals surface area contributed by atoms with E-state index in [0.29, 0.717) is 6.42 Å². The highest BCUT2D eigenvalue weighted by Crippen LogP contribution is 2.02. The van der Waals surface area contributed by atoms with Crippen molar-refractivity contribution >= 4 is 11.8 Å². The van der Waals surface area contributed by atoms with Crippen LogP contribution in [0, 0.1) is 5.92 Å². The van der Waals surface area contributed by atoms with Crippen LogP contribution in [0.2, 0.25) is 0 Å². The number of rotatable bonds is 4. The van der Waals surface area contributed by atoms with Gasteiger partial charge in [0.15, 0.2) is 0 Å². The fourth-order valence-electron chi connectivity index (χ4n) is 0.601. The first-order chi connectivity index (χ1) is 4.59. The van der Waals surface area contributed by atoms with E-state index in [-0.39, 0.29) is 5.78 Å². The molecule has 0 aliphatic carbocycles. The van der Waals surface area contributed by atoms with Crippen LogP contribution in [0.1, 0.15) is 26.7 Å². The quantitative estimate of drug-likeness (QED) is 0.600. The highest BCUT2D eigenvalue weighted by molar-refractivity contribution is 5.97. The van der Waals surface area contributed by atoms with Crippen molar-refractivity contribution in [1.29, 1.82) is 0 Å². The van der Waals surface area contributed by atoms with E-state index in [0.717, 1.165) is 6.42 Å². The van der Waals surface area contributed by atoms with Gasteiger partial charge < -0.3 is 5.11 Å². The van der Waals surface area contributed by atoms with E-state index in [1.807, 2.05) is 6.92 Å². The molecule has 0 amide bonds. The first-order valence-electron chi connectivity index (χ1n) is 3.35. The number of Topliss-reactive ketones (excluding diaryl/α,β-unsaturated/α-hetero) is 1. The Morgan fingerprint density at radius 3 is 2.30 bits per heavy atom. The number of hydrogen-bond acceptors (Lipinski definition) is 2. The van der Waals surface area contributed by atoms with Gasteiger partial charge in [-0.3, -0.25) is 9.59 Å². The summed E-state index contributed by atoms with van der Waals surface area (Å²) < 4.78 is 0. The molecule has 10 heavy (non-hydrogen) atoms. The average Bonchev–Trinajstić information content (AvgIpc) is 1.87. The number of carbonyl (C=O) groups is 2. The first kappa shape index (κ1) is 9.14. The van der Waals surface area contributed by atoms with Gasteiger partial charge in [0.25, 0.3) is 0 Å². The third kappa shape index (κ3) is 2.62. The lowest BCUT2D eigenvalue weighted by molar-refractivity contribution is -0.145. The fraction of sp³-hybridized carbons (Fsp3) is 0.714. The molecule has 0 spiro atoms. The largest absolute Gasteiger partial charge is 0.481 e. The van der Waals surface area contributed by atoms with E-state index in [4.69, 9.17) is 5.11 Å². The van der Waals surface area contributed by atoms with Crippen LogP contribution in [0.25, 0.3) is 0 Å². The van der Waals surface area contributed by atoms with Gasteiger partial charge in [-0.15, -0.1) is 0 Å². The fourth-order valence-corrected chi connectivity index (χ4v) is 0.601. The molecule has 0 aromatic heterocycles. The summed E-state index contributed by atoms with van der Waals surface area (Å²) in [4.78, 5) is 21.0. The maximum atomic E-state index is 10.8. The number of hydrogen-bond donors (Lipinski definition) is 1. The Balaban J connectivity index is 3.82. The molecule has 0 aromatic carbocycles. The van der Waals surface area contributed by atoms with Crippen molar-refractivity contribution in [2.45, 2.75) is 26.7 Å². The van der Waals surface area contributed by atoms with Crippen LogP contribution in [-0.2, 0) is 9.59 Å². The van der Waals surface area contributed by atoms with E-state index < -0.39 is 11.9 Å². The summed E-state index contributed by atoms with van der Waals surface area (Å²) in [7, 11) is 0. The second kappa shape index (κ2) is 4.04. The van der Waals surface area contributed by atoms with Gasteiger partial charge in [-0.25, -0.2) is 0 Å². The molecule has 3 heteroatoms. The number of carboxylic acids is 1. The minimum atomic E-state index is -1.03. The lowest BCUT2D eigenvalue weighted by atomic mass is 10.0. The normalized spacial score (nSPS) is 12.6. The molecule has 0 heterocycles. The number of carbonyl (C=O) groups excluding carboxylic acids is 1. The topological polar surface area (TPSA) is 54.4 Å². The molecule has 1 unspecified atom stereocenters. The number of ketones is 1. The van der Waals surface area contributed by atoms with Crippen LogP contribution in [0.3, 0.4) is 0 Å². The highest BCUT2D eigenvalue weighted by Gasteiger charge is 2.18. The molecule has 1 N–H and O–H groups in total. The molecule has 58 valence electrons. The summed E-state index contributed by atoms with van der Waals surface area (Å²) in [6, 6.07) is 0. The maximum absolute atomic E-state index is 10.8. The summed E-state index contributed by atoms with van der Waals surface area (Å²) in [6.07, 6.45) is 1.09. The molecule has 1 atom stereocenters. The second-order valence-corrected chi connectivity index (χ2v) is 2.28. The third-order valence-corrected chi connectivity index (χ3v) is 1.35. The second-order valence-electron chi connectivity index (χ2n) is 2.28. The molecule has 0 bridgehead atoms.